The molecular weight excluding hydrogens is 613 g/mol. The van der Waals surface area contributed by atoms with E-state index in [0.717, 1.165) is 27.5 Å². The third-order valence-electron chi connectivity index (χ3n) is 7.89. The van der Waals surface area contributed by atoms with Crippen molar-refractivity contribution in [2.24, 2.45) is 5.92 Å². The van der Waals surface area contributed by atoms with E-state index in [1.807, 2.05) is 39.8 Å². The number of alkyl halides is 3. The lowest BCUT2D eigenvalue weighted by molar-refractivity contribution is -0.139. The number of nitrogens with one attached hydrogen (secondary N) is 1. The van der Waals surface area contributed by atoms with E-state index in [9.17, 15) is 32.7 Å². The summed E-state index contributed by atoms with van der Waals surface area (Å²) < 4.78 is 48.3. The van der Waals surface area contributed by atoms with Gasteiger partial charge < -0.3 is 24.6 Å². The topological polar surface area (TPSA) is 114 Å². The zero-order chi connectivity index (χ0) is 35.2. The molecule has 3 rings (SSSR count). The van der Waals surface area contributed by atoms with Crippen molar-refractivity contribution in [1.29, 1.82) is 0 Å². The van der Waals surface area contributed by atoms with Crippen LogP contribution in [-0.2, 0) is 22.2 Å². The number of pyridine rings is 2. The molecule has 47 heavy (non-hydrogen) atoms. The quantitative estimate of drug-likeness (QED) is 0.232. The first-order chi connectivity index (χ1) is 22.0. The Morgan fingerprint density at radius 1 is 1.19 bits per heavy atom. The van der Waals surface area contributed by atoms with E-state index >= 15 is 0 Å². The van der Waals surface area contributed by atoms with Crippen molar-refractivity contribution in [2.75, 3.05) is 27.7 Å². The second-order valence-electron chi connectivity index (χ2n) is 12.2. The molecular formula is C35H41F3N4O5. The Hall–Kier alpha value is -4.63. The average molecular weight is 655 g/mol. The van der Waals surface area contributed by atoms with Gasteiger partial charge in [-0.25, -0.2) is 4.98 Å². The minimum atomic E-state index is -4.77. The molecule has 1 aromatic carbocycles. The number of carbonyl (C=O) groups excluding carboxylic acids is 1. The van der Waals surface area contributed by atoms with Gasteiger partial charge in [0, 0.05) is 30.6 Å². The lowest BCUT2D eigenvalue weighted by Crippen LogP contribution is -2.40. The van der Waals surface area contributed by atoms with E-state index in [-0.39, 0.29) is 30.9 Å². The number of methoxy groups -OCH3 is 1. The van der Waals surface area contributed by atoms with Crippen LogP contribution in [0.1, 0.15) is 72.3 Å². The van der Waals surface area contributed by atoms with E-state index < -0.39 is 47.7 Å². The molecule has 0 aliphatic carbocycles. The van der Waals surface area contributed by atoms with Crippen molar-refractivity contribution in [3.05, 3.63) is 80.5 Å². The highest BCUT2D eigenvalue weighted by Crippen LogP contribution is 2.36. The molecule has 0 bridgehead atoms. The van der Waals surface area contributed by atoms with Crippen LogP contribution in [0.15, 0.2) is 41.5 Å². The predicted molar refractivity (Wildman–Crippen MR) is 173 cm³/mol. The molecule has 0 spiro atoms. The highest BCUT2D eigenvalue weighted by atomic mass is 19.4. The number of hydrogen-bond acceptors (Lipinski definition) is 6. The predicted octanol–water partition coefficient (Wildman–Crippen LogP) is 5.56. The maximum atomic E-state index is 14.0. The van der Waals surface area contributed by atoms with Crippen LogP contribution in [0, 0.1) is 32.1 Å². The molecule has 2 N–H and O–H groups in total. The van der Waals surface area contributed by atoms with Crippen molar-refractivity contribution in [3.63, 3.8) is 0 Å². The van der Waals surface area contributed by atoms with Gasteiger partial charge in [-0.2, -0.15) is 13.2 Å². The van der Waals surface area contributed by atoms with Gasteiger partial charge in [-0.3, -0.25) is 14.4 Å². The number of hydrogen-bond donors (Lipinski definition) is 2. The number of carbonyl (C=O) groups is 2. The summed E-state index contributed by atoms with van der Waals surface area (Å²) in [6, 6.07) is 3.53. The number of terminal acetylenes is 1. The summed E-state index contributed by atoms with van der Waals surface area (Å²) in [6.45, 7) is 7.64. The Balaban J connectivity index is 2.14. The maximum Gasteiger partial charge on any atom is 0.416 e. The summed E-state index contributed by atoms with van der Waals surface area (Å²) in [7, 11) is 4.97. The second-order valence-corrected chi connectivity index (χ2v) is 12.2. The molecule has 2 unspecified atom stereocenters. The highest BCUT2D eigenvalue weighted by molar-refractivity contribution is 5.82. The van der Waals surface area contributed by atoms with Gasteiger partial charge in [0.2, 0.25) is 5.91 Å². The summed E-state index contributed by atoms with van der Waals surface area (Å²) in [5, 5.41) is 12.6. The molecule has 0 aliphatic rings. The fourth-order valence-corrected chi connectivity index (χ4v) is 5.57. The average Bonchev–Trinajstić information content (AvgIpc) is 2.98. The number of benzene rings is 1. The number of rotatable bonds is 13. The number of aliphatic carboxylic acids is 1. The molecule has 0 saturated carbocycles. The van der Waals surface area contributed by atoms with E-state index in [1.54, 1.807) is 25.1 Å². The maximum absolute atomic E-state index is 14.0. The lowest BCUT2D eigenvalue weighted by atomic mass is 9.91. The summed E-state index contributed by atoms with van der Waals surface area (Å²) in [5.41, 5.74) is 1.39. The smallest absolute Gasteiger partial charge is 0.416 e. The number of aromatic nitrogens is 2. The van der Waals surface area contributed by atoms with E-state index in [4.69, 9.17) is 11.2 Å². The molecule has 2 aromatic heterocycles. The minimum Gasteiger partial charge on any atom is -0.496 e. The zero-order valence-electron chi connectivity index (χ0n) is 27.7. The monoisotopic (exact) mass is 654 g/mol. The largest absolute Gasteiger partial charge is 0.496 e. The fraction of sp³-hybridized carbons (Fsp3) is 0.429. The molecule has 0 fully saturated rings. The third-order valence-corrected chi connectivity index (χ3v) is 7.89. The van der Waals surface area contributed by atoms with Gasteiger partial charge in [0.15, 0.2) is 0 Å². The highest BCUT2D eigenvalue weighted by Gasteiger charge is 2.36. The first kappa shape index (κ1) is 36.8. The number of halogens is 3. The first-order valence-corrected chi connectivity index (χ1v) is 15.1. The molecule has 0 aliphatic heterocycles. The second kappa shape index (κ2) is 15.3. The van der Waals surface area contributed by atoms with Crippen molar-refractivity contribution in [3.8, 4) is 29.2 Å². The Kier molecular flexibility index (Phi) is 12.0. The Bertz CT molecular complexity index is 1720. The van der Waals surface area contributed by atoms with Crippen LogP contribution in [0.4, 0.5) is 13.2 Å². The van der Waals surface area contributed by atoms with Gasteiger partial charge in [0.05, 0.1) is 25.1 Å². The van der Waals surface area contributed by atoms with Crippen LogP contribution in [-0.4, -0.2) is 59.2 Å². The molecule has 0 radical (unpaired) electrons. The summed E-state index contributed by atoms with van der Waals surface area (Å²) in [5.74, 6) is 1.08. The normalized spacial score (nSPS) is 12.9. The molecule has 0 saturated heterocycles. The zero-order valence-corrected chi connectivity index (χ0v) is 27.7. The van der Waals surface area contributed by atoms with Crippen LogP contribution in [0.2, 0.25) is 0 Å². The first-order valence-electron chi connectivity index (χ1n) is 15.1. The fourth-order valence-electron chi connectivity index (χ4n) is 5.57. The van der Waals surface area contributed by atoms with E-state index in [1.165, 1.54) is 13.3 Å². The van der Waals surface area contributed by atoms with Crippen LogP contribution >= 0.6 is 0 Å². The molecule has 2 heterocycles. The number of carboxylic acid groups (broad SMARTS) is 1. The van der Waals surface area contributed by atoms with E-state index in [2.05, 4.69) is 16.2 Å². The standard InChI is InChI=1S/C35H41F3N4O5/c1-9-27-25(33-21(4)10-11-30(47-8)22(33)5)15-24(18-39-27)28(17-32(44)45)40-34(46)29(14-20(2)3)42-19-23(12-13-41(6)7)26(16-31(42)43)35(36,37)38/h1,10-11,15-16,18-20,28-29H,12-14,17H2,2-8H3,(H,40,46)(H,44,45). The van der Waals surface area contributed by atoms with Crippen LogP contribution in [0.3, 0.4) is 0 Å². The Morgan fingerprint density at radius 3 is 2.43 bits per heavy atom. The van der Waals surface area contributed by atoms with Crippen molar-refractivity contribution in [2.45, 2.75) is 65.2 Å². The SMILES string of the molecule is C#Cc1ncc(C(CC(=O)O)NC(=O)C(CC(C)C)n2cc(CCN(C)C)c(C(F)(F)F)cc2=O)cc1-c1c(C)ccc(OC)c1C. The van der Waals surface area contributed by atoms with Crippen LogP contribution in [0.5, 0.6) is 5.75 Å². The van der Waals surface area contributed by atoms with Crippen molar-refractivity contribution < 1.29 is 32.6 Å². The van der Waals surface area contributed by atoms with Crippen molar-refractivity contribution in [1.82, 2.24) is 19.8 Å². The number of aryl methyl sites for hydroxylation is 1. The number of likely N-dealkylation sites (N-methyl/N-ethyl adjacent to an activating group) is 1. The summed E-state index contributed by atoms with van der Waals surface area (Å²) >= 11 is 0. The van der Waals surface area contributed by atoms with Gasteiger partial charge in [0.1, 0.15) is 17.5 Å². The van der Waals surface area contributed by atoms with Gasteiger partial charge in [-0.1, -0.05) is 19.9 Å². The molecule has 3 aromatic rings. The van der Waals surface area contributed by atoms with Crippen LogP contribution < -0.4 is 15.6 Å². The van der Waals surface area contributed by atoms with Crippen LogP contribution in [0.25, 0.3) is 11.1 Å². The molecule has 252 valence electrons. The van der Waals surface area contributed by atoms with Gasteiger partial charge in [0.25, 0.3) is 5.56 Å². The number of carboxylic acids is 1. The summed E-state index contributed by atoms with van der Waals surface area (Å²) in [6.07, 6.45) is 3.06. The Morgan fingerprint density at radius 2 is 1.87 bits per heavy atom. The summed E-state index contributed by atoms with van der Waals surface area (Å²) in [4.78, 5) is 45.3. The van der Waals surface area contributed by atoms with Gasteiger partial charge in [-0.15, -0.1) is 6.42 Å². The van der Waals surface area contributed by atoms with Crippen molar-refractivity contribution >= 4 is 11.9 Å². The molecule has 1 amide bonds. The molecule has 12 heteroatoms. The number of nitrogens with zero attached hydrogens (tertiary/aromatic N) is 3. The minimum absolute atomic E-state index is 0.0150. The van der Waals surface area contributed by atoms with Gasteiger partial charge in [-0.05, 0) is 92.6 Å². The lowest BCUT2D eigenvalue weighted by Gasteiger charge is -2.26. The van der Waals surface area contributed by atoms with E-state index in [0.29, 0.717) is 28.6 Å². The molecule has 9 nitrogen and oxygen atoms in total. The number of ether oxygens (including phenoxy) is 1. The molecule has 2 atom stereocenters. The number of amides is 1. The third kappa shape index (κ3) is 9.01. The van der Waals surface area contributed by atoms with Gasteiger partial charge >= 0.3 is 12.1 Å². The Labute approximate surface area is 272 Å².